The molecule has 0 amide bonds. The lowest BCUT2D eigenvalue weighted by atomic mass is 9.80. The van der Waals surface area contributed by atoms with Crippen molar-refractivity contribution in [1.29, 1.82) is 0 Å². The monoisotopic (exact) mass is 399 g/mol. The van der Waals surface area contributed by atoms with Crippen LogP contribution in [0.3, 0.4) is 0 Å². The second kappa shape index (κ2) is 7.99. The summed E-state index contributed by atoms with van der Waals surface area (Å²) in [6.45, 7) is 0. The quantitative estimate of drug-likeness (QED) is 0.384. The molecule has 4 heteroatoms. The maximum atomic E-state index is 10.2. The van der Waals surface area contributed by atoms with E-state index in [0.717, 1.165) is 0 Å². The average Bonchev–Trinajstić information content (AvgIpc) is 3.01. The number of benzene rings is 4. The Morgan fingerprint density at radius 2 is 0.929 bits per heavy atom. The molecule has 0 saturated heterocycles. The Morgan fingerprint density at radius 3 is 1.32 bits per heavy atom. The molecule has 28 heavy (non-hydrogen) atoms. The highest BCUT2D eigenvalue weighted by molar-refractivity contribution is 7.20. The highest BCUT2D eigenvalue weighted by Crippen LogP contribution is 2.09. The molecule has 0 radical (unpaired) electrons. The third kappa shape index (κ3) is 3.22. The van der Waals surface area contributed by atoms with Crippen molar-refractivity contribution < 1.29 is 36.1 Å². The third-order valence-corrected chi connectivity index (χ3v) is 7.90. The first kappa shape index (κ1) is 6.56. The fourth-order valence-corrected chi connectivity index (χ4v) is 6.31. The summed E-state index contributed by atoms with van der Waals surface area (Å²) in [5, 5.41) is 16.3. The largest absolute Gasteiger partial charge is 0.488 e. The summed E-state index contributed by atoms with van der Waals surface area (Å²) in [6, 6.07) is -21.1. The first-order valence-electron chi connectivity index (χ1n) is 17.3. The van der Waals surface area contributed by atoms with E-state index in [9.17, 15) is 10.0 Å². The molecular weight excluding hydrogens is 359 g/mol. The van der Waals surface area contributed by atoms with Crippen LogP contribution in [0.15, 0.2) is 115 Å². The molecule has 0 aliphatic carbocycles. The molecule has 0 aromatic heterocycles. The molecule has 2 N–H and O–H groups in total. The fourth-order valence-electron chi connectivity index (χ4n) is 2.74. The summed E-state index contributed by atoms with van der Waals surface area (Å²) < 4.78 is 164. The number of rotatable bonds is 5. The van der Waals surface area contributed by atoms with Gasteiger partial charge in [-0.2, -0.15) is 0 Å². The number of hydrogen-bond acceptors (Lipinski definition) is 2. The molecule has 0 fully saturated rings. The molecule has 4 aromatic rings. The van der Waals surface area contributed by atoms with Crippen molar-refractivity contribution in [3.63, 3.8) is 0 Å². The summed E-state index contributed by atoms with van der Waals surface area (Å²) in [4.78, 5) is 0. The standard InChI is InChI=1S/C24H21BO2Si/c26-25(27)20-11-10-18-24(19-20)28(21-12-4-1-5-13-21,22-14-6-2-7-15-22)23-16-8-3-9-17-23/h1-19,26-27H/i1D,2D,3D,4D,5D,6D,7D,8D,9D,10D,11D,12D,13D,14D,15D,16D,17D,18D,19D. The molecule has 136 valence electrons. The van der Waals surface area contributed by atoms with E-state index < -0.39 is 156 Å². The van der Waals surface area contributed by atoms with Gasteiger partial charge in [0, 0.05) is 0 Å². The second-order valence-corrected chi connectivity index (χ2v) is 8.91. The van der Waals surface area contributed by atoms with Crippen LogP contribution in [-0.4, -0.2) is 25.2 Å². The van der Waals surface area contributed by atoms with Crippen LogP contribution < -0.4 is 26.2 Å². The van der Waals surface area contributed by atoms with Gasteiger partial charge >= 0.3 is 7.12 Å². The van der Waals surface area contributed by atoms with Crippen LogP contribution in [0.1, 0.15) is 26.0 Å². The first-order valence-corrected chi connectivity index (χ1v) is 9.81. The van der Waals surface area contributed by atoms with Crippen LogP contribution in [0.4, 0.5) is 0 Å². The highest BCUT2D eigenvalue weighted by Gasteiger charge is 2.41. The summed E-state index contributed by atoms with van der Waals surface area (Å²) in [6.07, 6.45) is 0. The maximum absolute atomic E-state index is 10.2. The lowest BCUT2D eigenvalue weighted by Crippen LogP contribution is -2.75. The van der Waals surface area contributed by atoms with E-state index in [1.807, 2.05) is 0 Å². The minimum absolute atomic E-state index is 0.986. The van der Waals surface area contributed by atoms with Crippen LogP contribution in [0.2, 0.25) is 0 Å². The second-order valence-electron chi connectivity index (χ2n) is 5.41. The van der Waals surface area contributed by atoms with E-state index in [-0.39, 0.29) is 0 Å². The van der Waals surface area contributed by atoms with Crippen LogP contribution in [0.5, 0.6) is 0 Å². The van der Waals surface area contributed by atoms with Crippen molar-refractivity contribution in [1.82, 2.24) is 0 Å². The van der Waals surface area contributed by atoms with Crippen molar-refractivity contribution in [3.8, 4) is 0 Å². The Bertz CT molecular complexity index is 1780. The van der Waals surface area contributed by atoms with Crippen molar-refractivity contribution in [2.45, 2.75) is 0 Å². The van der Waals surface area contributed by atoms with Crippen LogP contribution in [0, 0.1) is 0 Å². The Labute approximate surface area is 193 Å². The van der Waals surface area contributed by atoms with Crippen LogP contribution in [0.25, 0.3) is 0 Å². The maximum Gasteiger partial charge on any atom is 0.488 e. The zero-order valence-corrected chi connectivity index (χ0v) is 15.0. The lowest BCUT2D eigenvalue weighted by molar-refractivity contribution is 0.426. The van der Waals surface area contributed by atoms with Gasteiger partial charge in [0.15, 0.2) is 8.07 Å². The van der Waals surface area contributed by atoms with Gasteiger partial charge in [0.2, 0.25) is 0 Å². The van der Waals surface area contributed by atoms with Gasteiger partial charge in [0.25, 0.3) is 0 Å². The molecule has 0 bridgehead atoms. The molecule has 0 aliphatic heterocycles. The summed E-state index contributed by atoms with van der Waals surface area (Å²) in [7, 11) is -8.67. The Kier molecular flexibility index (Phi) is 1.87. The lowest BCUT2D eigenvalue weighted by Gasteiger charge is -2.34. The average molecular weight is 399 g/mol. The zero-order chi connectivity index (χ0) is 35.9. The SMILES string of the molecule is [2H]c1c([2H])c([2H])c([Si](c2c([2H])c([2H])c([2H])c([2H])c2[2H])(c2c([2H])c([2H])c([2H])c([2H])c2[2H])c2c([2H])c([2H])c([2H])c(B(O)O)c2[2H])c([2H])c1[2H]. The smallest absolute Gasteiger partial charge is 0.423 e. The molecule has 0 saturated carbocycles. The van der Waals surface area contributed by atoms with Gasteiger partial charge in [0.1, 0.15) is 0 Å². The van der Waals surface area contributed by atoms with Gasteiger partial charge in [-0.15, -0.1) is 0 Å². The van der Waals surface area contributed by atoms with Gasteiger partial charge in [0.05, 0.1) is 26.0 Å². The van der Waals surface area contributed by atoms with Gasteiger partial charge in [-0.05, 0) is 26.2 Å². The first-order chi connectivity index (χ1) is 21.6. The van der Waals surface area contributed by atoms with Crippen molar-refractivity contribution in [2.75, 3.05) is 0 Å². The molecular formula is C24H21BO2Si. The molecule has 2 nitrogen and oxygen atoms in total. The van der Waals surface area contributed by atoms with E-state index in [0.29, 0.717) is 0 Å². The van der Waals surface area contributed by atoms with E-state index in [1.54, 1.807) is 0 Å². The molecule has 4 rings (SSSR count). The fraction of sp³-hybridized carbons (Fsp3) is 0. The van der Waals surface area contributed by atoms with Gasteiger partial charge in [-0.25, -0.2) is 0 Å². The summed E-state index contributed by atoms with van der Waals surface area (Å²) >= 11 is 0. The molecule has 0 atom stereocenters. The predicted octanol–water partition coefficient (Wildman–Crippen LogP) is 0.744. The molecule has 0 spiro atoms. The van der Waals surface area contributed by atoms with Crippen molar-refractivity contribution in [3.05, 3.63) is 115 Å². The minimum Gasteiger partial charge on any atom is -0.423 e. The Hall–Kier alpha value is -2.92. The Morgan fingerprint density at radius 1 is 0.536 bits per heavy atom. The van der Waals surface area contributed by atoms with Crippen LogP contribution in [-0.2, 0) is 0 Å². The summed E-state index contributed by atoms with van der Waals surface area (Å²) in [5.41, 5.74) is -1.08. The van der Waals surface area contributed by atoms with E-state index in [4.69, 9.17) is 26.0 Å². The molecule has 4 aromatic carbocycles. The van der Waals surface area contributed by atoms with Crippen LogP contribution >= 0.6 is 0 Å². The van der Waals surface area contributed by atoms with Gasteiger partial charge in [-0.3, -0.25) is 0 Å². The third-order valence-electron chi connectivity index (χ3n) is 3.90. The molecule has 0 heterocycles. The summed E-state index contributed by atoms with van der Waals surface area (Å²) in [5.74, 6) is 0. The van der Waals surface area contributed by atoms with E-state index in [2.05, 4.69) is 0 Å². The van der Waals surface area contributed by atoms with E-state index in [1.165, 1.54) is 0 Å². The van der Waals surface area contributed by atoms with Gasteiger partial charge in [-0.1, -0.05) is 115 Å². The van der Waals surface area contributed by atoms with Crippen molar-refractivity contribution >= 4 is 41.4 Å². The minimum atomic E-state index is -5.94. The van der Waals surface area contributed by atoms with Crippen molar-refractivity contribution in [2.24, 2.45) is 0 Å². The van der Waals surface area contributed by atoms with E-state index >= 15 is 0 Å². The molecule has 0 aliphatic rings. The highest BCUT2D eigenvalue weighted by atomic mass is 28.3. The molecule has 0 unspecified atom stereocenters. The zero-order valence-electron chi connectivity index (χ0n) is 33.0. The number of hydrogen-bond donors (Lipinski definition) is 2. The topological polar surface area (TPSA) is 40.5 Å². The van der Waals surface area contributed by atoms with Gasteiger partial charge < -0.3 is 10.0 Å². The predicted molar refractivity (Wildman–Crippen MR) is 120 cm³/mol. The Balaban J connectivity index is 2.72. The normalized spacial score (nSPS) is 20.7.